The van der Waals surface area contributed by atoms with Crippen molar-refractivity contribution in [2.75, 3.05) is 20.2 Å². The van der Waals surface area contributed by atoms with E-state index in [9.17, 15) is 4.79 Å². The Bertz CT molecular complexity index is 473. The highest BCUT2D eigenvalue weighted by molar-refractivity contribution is 5.73. The fourth-order valence-corrected chi connectivity index (χ4v) is 3.26. The van der Waals surface area contributed by atoms with E-state index < -0.39 is 0 Å². The first-order valence-electron chi connectivity index (χ1n) is 7.82. The molecule has 0 saturated heterocycles. The summed E-state index contributed by atoms with van der Waals surface area (Å²) in [4.78, 5) is 13.5. The molecule has 4 nitrogen and oxygen atoms in total. The van der Waals surface area contributed by atoms with Gasteiger partial charge in [-0.25, -0.2) is 0 Å². The number of benzene rings is 1. The molecule has 1 aromatic rings. The summed E-state index contributed by atoms with van der Waals surface area (Å²) in [5, 5.41) is 0. The van der Waals surface area contributed by atoms with Gasteiger partial charge in [0.25, 0.3) is 0 Å². The minimum absolute atomic E-state index is 0.218. The summed E-state index contributed by atoms with van der Waals surface area (Å²) in [7, 11) is 1.73. The van der Waals surface area contributed by atoms with Gasteiger partial charge in [-0.3, -0.25) is 9.69 Å². The molecule has 1 aliphatic carbocycles. The molecule has 0 aromatic heterocycles. The molecule has 0 radical (unpaired) electrons. The van der Waals surface area contributed by atoms with Crippen LogP contribution in [0.5, 0.6) is 5.75 Å². The molecule has 1 amide bonds. The number of aryl methyl sites for hydroxylation is 1. The molecule has 1 aliphatic rings. The van der Waals surface area contributed by atoms with Crippen molar-refractivity contribution in [1.82, 2.24) is 4.90 Å². The second-order valence-corrected chi connectivity index (χ2v) is 5.75. The van der Waals surface area contributed by atoms with Crippen molar-refractivity contribution in [3.8, 4) is 5.75 Å². The van der Waals surface area contributed by atoms with Gasteiger partial charge in [0.15, 0.2) is 0 Å². The van der Waals surface area contributed by atoms with E-state index in [1.54, 1.807) is 7.11 Å². The number of nitrogens with zero attached hydrogens (tertiary/aromatic N) is 1. The van der Waals surface area contributed by atoms with Crippen molar-refractivity contribution >= 4 is 5.91 Å². The molecule has 2 N–H and O–H groups in total. The van der Waals surface area contributed by atoms with Gasteiger partial charge in [-0.2, -0.15) is 0 Å². The first kappa shape index (κ1) is 15.8. The molecule has 2 rings (SSSR count). The molecule has 0 saturated carbocycles. The molecular formula is C17H26N2O2. The van der Waals surface area contributed by atoms with E-state index in [2.05, 4.69) is 24.0 Å². The van der Waals surface area contributed by atoms with E-state index in [0.717, 1.165) is 44.5 Å². The van der Waals surface area contributed by atoms with Gasteiger partial charge in [-0.1, -0.05) is 19.1 Å². The van der Waals surface area contributed by atoms with Gasteiger partial charge in [-0.15, -0.1) is 0 Å². The van der Waals surface area contributed by atoms with Crippen molar-refractivity contribution in [2.45, 2.75) is 45.1 Å². The summed E-state index contributed by atoms with van der Waals surface area (Å²) in [6.07, 6.45) is 4.74. The Morgan fingerprint density at radius 2 is 2.24 bits per heavy atom. The van der Waals surface area contributed by atoms with Crippen molar-refractivity contribution in [1.29, 1.82) is 0 Å². The maximum atomic E-state index is 11.1. The van der Waals surface area contributed by atoms with Crippen LogP contribution in [0, 0.1) is 0 Å². The van der Waals surface area contributed by atoms with Gasteiger partial charge in [0, 0.05) is 19.0 Å². The summed E-state index contributed by atoms with van der Waals surface area (Å²) in [5.74, 6) is 0.772. The lowest BCUT2D eigenvalue weighted by Gasteiger charge is -2.35. The zero-order valence-corrected chi connectivity index (χ0v) is 13.1. The molecule has 116 valence electrons. The summed E-state index contributed by atoms with van der Waals surface area (Å²) in [6, 6.07) is 6.78. The predicted octanol–water partition coefficient (Wildman–Crippen LogP) is 2.14. The zero-order valence-electron chi connectivity index (χ0n) is 13.1. The summed E-state index contributed by atoms with van der Waals surface area (Å²) >= 11 is 0. The molecule has 1 aromatic carbocycles. The number of carbonyl (C=O) groups is 1. The van der Waals surface area contributed by atoms with Crippen LogP contribution >= 0.6 is 0 Å². The quantitative estimate of drug-likeness (QED) is 0.837. The zero-order chi connectivity index (χ0) is 15.2. The molecule has 0 fully saturated rings. The van der Waals surface area contributed by atoms with Crippen LogP contribution < -0.4 is 10.5 Å². The van der Waals surface area contributed by atoms with Crippen LogP contribution in [-0.4, -0.2) is 37.0 Å². The molecule has 4 heteroatoms. The number of hydrogen-bond donors (Lipinski definition) is 1. The van der Waals surface area contributed by atoms with E-state index in [4.69, 9.17) is 10.5 Å². The topological polar surface area (TPSA) is 55.6 Å². The van der Waals surface area contributed by atoms with Gasteiger partial charge in [0.1, 0.15) is 5.75 Å². The number of primary amides is 1. The van der Waals surface area contributed by atoms with Gasteiger partial charge < -0.3 is 10.5 Å². The maximum absolute atomic E-state index is 11.1. The minimum atomic E-state index is -0.218. The predicted molar refractivity (Wildman–Crippen MR) is 84.5 cm³/mol. The molecule has 0 heterocycles. The van der Waals surface area contributed by atoms with Crippen molar-refractivity contribution < 1.29 is 9.53 Å². The number of methoxy groups -OCH3 is 1. The van der Waals surface area contributed by atoms with Gasteiger partial charge in [0.2, 0.25) is 5.91 Å². The van der Waals surface area contributed by atoms with Gasteiger partial charge in [-0.05, 0) is 49.4 Å². The van der Waals surface area contributed by atoms with Crippen LogP contribution in [0.3, 0.4) is 0 Å². The molecule has 0 aliphatic heterocycles. The number of carbonyl (C=O) groups excluding carboxylic acids is 1. The van der Waals surface area contributed by atoms with Crippen molar-refractivity contribution in [3.63, 3.8) is 0 Å². The average molecular weight is 290 g/mol. The maximum Gasteiger partial charge on any atom is 0.218 e. The van der Waals surface area contributed by atoms with Crippen LogP contribution in [0.25, 0.3) is 0 Å². The van der Waals surface area contributed by atoms with Crippen LogP contribution in [0.4, 0.5) is 0 Å². The summed E-state index contributed by atoms with van der Waals surface area (Å²) in [5.41, 5.74) is 8.03. The summed E-state index contributed by atoms with van der Waals surface area (Å²) < 4.78 is 5.51. The van der Waals surface area contributed by atoms with E-state index >= 15 is 0 Å². The van der Waals surface area contributed by atoms with Crippen LogP contribution in [0.15, 0.2) is 18.2 Å². The Morgan fingerprint density at radius 3 is 2.90 bits per heavy atom. The van der Waals surface area contributed by atoms with E-state index in [-0.39, 0.29) is 5.91 Å². The number of nitrogens with two attached hydrogens (primary N) is 1. The third-order valence-electron chi connectivity index (χ3n) is 4.31. The normalized spacial score (nSPS) is 17.6. The third kappa shape index (κ3) is 3.97. The molecule has 0 bridgehead atoms. The second-order valence-electron chi connectivity index (χ2n) is 5.75. The van der Waals surface area contributed by atoms with Gasteiger partial charge in [0.05, 0.1) is 7.11 Å². The van der Waals surface area contributed by atoms with E-state index in [1.165, 1.54) is 11.1 Å². The Balaban J connectivity index is 2.11. The molecule has 1 atom stereocenters. The third-order valence-corrected chi connectivity index (χ3v) is 4.31. The second kappa shape index (κ2) is 7.46. The molecule has 21 heavy (non-hydrogen) atoms. The Labute approximate surface area is 127 Å². The fourth-order valence-electron chi connectivity index (χ4n) is 3.26. The largest absolute Gasteiger partial charge is 0.496 e. The van der Waals surface area contributed by atoms with Crippen LogP contribution in [-0.2, 0) is 17.6 Å². The lowest BCUT2D eigenvalue weighted by molar-refractivity contribution is -0.118. The monoisotopic (exact) mass is 290 g/mol. The highest BCUT2D eigenvalue weighted by Gasteiger charge is 2.25. The first-order chi connectivity index (χ1) is 10.2. The minimum Gasteiger partial charge on any atom is -0.496 e. The average Bonchev–Trinajstić information content (AvgIpc) is 2.50. The number of amides is 1. The SMILES string of the molecule is CCCN(CCC(N)=O)C1CCc2cccc(OC)c2C1. The molecule has 1 unspecified atom stereocenters. The lowest BCUT2D eigenvalue weighted by Crippen LogP contribution is -2.41. The van der Waals surface area contributed by atoms with Crippen LogP contribution in [0.1, 0.15) is 37.3 Å². The Morgan fingerprint density at radius 1 is 1.43 bits per heavy atom. The number of rotatable bonds is 7. The molecular weight excluding hydrogens is 264 g/mol. The lowest BCUT2D eigenvalue weighted by atomic mass is 9.86. The van der Waals surface area contributed by atoms with Crippen LogP contribution in [0.2, 0.25) is 0 Å². The highest BCUT2D eigenvalue weighted by Crippen LogP contribution is 2.31. The van der Waals surface area contributed by atoms with E-state index in [0.29, 0.717) is 12.5 Å². The number of ether oxygens (including phenoxy) is 1. The first-order valence-corrected chi connectivity index (χ1v) is 7.82. The number of fused-ring (bicyclic) bond motifs is 1. The Kier molecular flexibility index (Phi) is 5.62. The van der Waals surface area contributed by atoms with Crippen molar-refractivity contribution in [3.05, 3.63) is 29.3 Å². The fraction of sp³-hybridized carbons (Fsp3) is 0.588. The Hall–Kier alpha value is -1.55. The van der Waals surface area contributed by atoms with Crippen molar-refractivity contribution in [2.24, 2.45) is 5.73 Å². The van der Waals surface area contributed by atoms with E-state index in [1.807, 2.05) is 6.07 Å². The highest BCUT2D eigenvalue weighted by atomic mass is 16.5. The summed E-state index contributed by atoms with van der Waals surface area (Å²) in [6.45, 7) is 3.95. The van der Waals surface area contributed by atoms with Gasteiger partial charge >= 0.3 is 0 Å². The molecule has 0 spiro atoms. The smallest absolute Gasteiger partial charge is 0.218 e. The standard InChI is InChI=1S/C17H26N2O2/c1-3-10-19(11-9-17(18)20)14-8-7-13-5-4-6-16(21-2)15(13)12-14/h4-6,14H,3,7-12H2,1-2H3,(H2,18,20). The number of hydrogen-bond acceptors (Lipinski definition) is 3.